The molecule has 0 aliphatic carbocycles. The number of imidazole rings is 1. The molecule has 0 saturated heterocycles. The average molecular weight is 386 g/mol. The Morgan fingerprint density at radius 1 is 1.15 bits per heavy atom. The van der Waals surface area contributed by atoms with Gasteiger partial charge in [0.05, 0.1) is 5.52 Å². The van der Waals surface area contributed by atoms with Crippen molar-refractivity contribution in [2.75, 3.05) is 11.6 Å². The van der Waals surface area contributed by atoms with E-state index in [-0.39, 0.29) is 23.3 Å². The number of sulfone groups is 1. The van der Waals surface area contributed by atoms with Gasteiger partial charge in [-0.3, -0.25) is 14.0 Å². The molecular weight excluding hydrogens is 368 g/mol. The van der Waals surface area contributed by atoms with Crippen LogP contribution in [0, 0.1) is 0 Å². The maximum Gasteiger partial charge on any atom is 0.272 e. The minimum absolute atomic E-state index is 0.0361. The van der Waals surface area contributed by atoms with Crippen LogP contribution in [0.25, 0.3) is 5.52 Å². The second kappa shape index (κ2) is 7.20. The highest BCUT2D eigenvalue weighted by molar-refractivity contribution is 7.90. The van der Waals surface area contributed by atoms with E-state index in [4.69, 9.17) is 0 Å². The Morgan fingerprint density at radius 3 is 2.63 bits per heavy atom. The van der Waals surface area contributed by atoms with Gasteiger partial charge in [0.1, 0.15) is 0 Å². The van der Waals surface area contributed by atoms with E-state index in [1.54, 1.807) is 48.7 Å². The maximum absolute atomic E-state index is 12.6. The normalized spacial score (nSPS) is 11.3. The van der Waals surface area contributed by atoms with Crippen LogP contribution in [0.5, 0.6) is 0 Å². The van der Waals surface area contributed by atoms with Gasteiger partial charge in [-0.15, -0.1) is 0 Å². The summed E-state index contributed by atoms with van der Waals surface area (Å²) in [5.74, 6) is -0.674. The number of aromatic nitrogens is 2. The highest BCUT2D eigenvalue weighted by Crippen LogP contribution is 2.17. The number of amides is 2. The molecule has 0 unspecified atom stereocenters. The van der Waals surface area contributed by atoms with E-state index in [1.165, 1.54) is 11.3 Å². The standard InChI is InChI=1S/C18H18N4O4S/c1-12(23)20-14-7-5-6-13(10-14)11-19-17(24)16-15-8-3-4-9-22(15)18(21-16)27(2,25)26/h3-10H,11H2,1-2H3,(H,19,24)(H,20,23). The fraction of sp³-hybridized carbons (Fsp3) is 0.167. The van der Waals surface area contributed by atoms with Crippen molar-refractivity contribution in [3.05, 3.63) is 59.9 Å². The zero-order chi connectivity index (χ0) is 19.6. The molecule has 8 nitrogen and oxygen atoms in total. The van der Waals surface area contributed by atoms with E-state index in [0.717, 1.165) is 11.8 Å². The van der Waals surface area contributed by atoms with Crippen LogP contribution in [0.3, 0.4) is 0 Å². The smallest absolute Gasteiger partial charge is 0.272 e. The molecule has 9 heteroatoms. The summed E-state index contributed by atoms with van der Waals surface area (Å²) in [7, 11) is -3.59. The van der Waals surface area contributed by atoms with Crippen molar-refractivity contribution in [2.24, 2.45) is 0 Å². The number of nitrogens with zero attached hydrogens (tertiary/aromatic N) is 2. The first-order valence-corrected chi connectivity index (χ1v) is 9.97. The van der Waals surface area contributed by atoms with Crippen molar-refractivity contribution in [2.45, 2.75) is 18.6 Å². The number of rotatable bonds is 5. The molecule has 0 spiro atoms. The Kier molecular flexibility index (Phi) is 4.95. The predicted octanol–water partition coefficient (Wildman–Crippen LogP) is 1.63. The number of anilines is 1. The Labute approximate surface area is 156 Å². The van der Waals surface area contributed by atoms with Crippen molar-refractivity contribution in [1.29, 1.82) is 0 Å². The molecule has 2 heterocycles. The van der Waals surface area contributed by atoms with Crippen molar-refractivity contribution in [3.63, 3.8) is 0 Å². The molecular formula is C18H18N4O4S. The Balaban J connectivity index is 1.84. The number of benzene rings is 1. The fourth-order valence-corrected chi connectivity index (χ4v) is 3.44. The number of hydrogen-bond acceptors (Lipinski definition) is 5. The summed E-state index contributed by atoms with van der Waals surface area (Å²) < 4.78 is 25.3. The first kappa shape index (κ1) is 18.6. The highest BCUT2D eigenvalue weighted by atomic mass is 32.2. The molecule has 2 amide bonds. The van der Waals surface area contributed by atoms with E-state index in [9.17, 15) is 18.0 Å². The molecule has 3 aromatic rings. The van der Waals surface area contributed by atoms with Gasteiger partial charge in [0.25, 0.3) is 5.91 Å². The molecule has 1 aromatic carbocycles. The Hall–Kier alpha value is -3.20. The Morgan fingerprint density at radius 2 is 1.93 bits per heavy atom. The van der Waals surface area contributed by atoms with Crippen molar-refractivity contribution in [1.82, 2.24) is 14.7 Å². The van der Waals surface area contributed by atoms with Crippen LogP contribution >= 0.6 is 0 Å². The monoisotopic (exact) mass is 386 g/mol. The van der Waals surface area contributed by atoms with Crippen LogP contribution < -0.4 is 10.6 Å². The third-order valence-corrected chi connectivity index (χ3v) is 4.71. The van der Waals surface area contributed by atoms with Crippen LogP contribution in [0.2, 0.25) is 0 Å². The quantitative estimate of drug-likeness (QED) is 0.693. The van der Waals surface area contributed by atoms with E-state index in [1.807, 2.05) is 0 Å². The topological polar surface area (TPSA) is 110 Å². The van der Waals surface area contributed by atoms with Crippen LogP contribution in [0.4, 0.5) is 5.69 Å². The number of carbonyl (C=O) groups is 2. The number of carbonyl (C=O) groups excluding carboxylic acids is 2. The zero-order valence-corrected chi connectivity index (χ0v) is 15.6. The number of pyridine rings is 1. The minimum Gasteiger partial charge on any atom is -0.347 e. The third-order valence-electron chi connectivity index (χ3n) is 3.76. The van der Waals surface area contributed by atoms with Gasteiger partial charge < -0.3 is 10.6 Å². The fourth-order valence-electron chi connectivity index (χ4n) is 2.67. The predicted molar refractivity (Wildman–Crippen MR) is 100 cm³/mol. The summed E-state index contributed by atoms with van der Waals surface area (Å²) in [5, 5.41) is 5.22. The lowest BCUT2D eigenvalue weighted by Crippen LogP contribution is -2.23. The molecule has 27 heavy (non-hydrogen) atoms. The SMILES string of the molecule is CC(=O)Nc1cccc(CNC(=O)c2nc(S(C)(=O)=O)n3ccccc23)c1. The van der Waals surface area contributed by atoms with Crippen molar-refractivity contribution in [3.8, 4) is 0 Å². The van der Waals surface area contributed by atoms with Crippen LogP contribution in [0.15, 0.2) is 53.8 Å². The highest BCUT2D eigenvalue weighted by Gasteiger charge is 2.22. The van der Waals surface area contributed by atoms with Crippen LogP contribution in [-0.2, 0) is 21.2 Å². The van der Waals surface area contributed by atoms with E-state index in [0.29, 0.717) is 11.2 Å². The van der Waals surface area contributed by atoms with E-state index < -0.39 is 15.7 Å². The molecule has 2 N–H and O–H groups in total. The van der Waals surface area contributed by atoms with Gasteiger partial charge in [-0.25, -0.2) is 13.4 Å². The molecule has 3 rings (SSSR count). The van der Waals surface area contributed by atoms with Gasteiger partial charge >= 0.3 is 0 Å². The lowest BCUT2D eigenvalue weighted by atomic mass is 10.2. The maximum atomic E-state index is 12.6. The largest absolute Gasteiger partial charge is 0.347 e. The summed E-state index contributed by atoms with van der Waals surface area (Å²) in [6, 6.07) is 12.1. The average Bonchev–Trinajstić information content (AvgIpc) is 2.99. The van der Waals surface area contributed by atoms with Gasteiger partial charge in [0, 0.05) is 31.6 Å². The Bertz CT molecular complexity index is 1140. The molecule has 140 valence electrons. The van der Waals surface area contributed by atoms with Gasteiger partial charge in [-0.1, -0.05) is 18.2 Å². The van der Waals surface area contributed by atoms with Gasteiger partial charge in [-0.05, 0) is 29.8 Å². The van der Waals surface area contributed by atoms with Crippen LogP contribution in [0.1, 0.15) is 23.0 Å². The zero-order valence-electron chi connectivity index (χ0n) is 14.8. The molecule has 0 atom stereocenters. The van der Waals surface area contributed by atoms with Crippen LogP contribution in [-0.4, -0.2) is 35.9 Å². The third kappa shape index (κ3) is 4.14. The summed E-state index contributed by atoms with van der Waals surface area (Å²) in [5.41, 5.74) is 1.85. The number of fused-ring (bicyclic) bond motifs is 1. The van der Waals surface area contributed by atoms with Gasteiger partial charge in [0.2, 0.25) is 20.9 Å². The lowest BCUT2D eigenvalue weighted by molar-refractivity contribution is -0.114. The number of nitrogens with one attached hydrogen (secondary N) is 2. The van der Waals surface area contributed by atoms with E-state index >= 15 is 0 Å². The second-order valence-corrected chi connectivity index (χ2v) is 7.94. The summed E-state index contributed by atoms with van der Waals surface area (Å²) in [4.78, 5) is 27.8. The molecule has 0 fully saturated rings. The molecule has 0 aliphatic rings. The van der Waals surface area contributed by atoms with Gasteiger partial charge in [0.15, 0.2) is 5.69 Å². The first-order chi connectivity index (χ1) is 12.8. The molecule has 0 radical (unpaired) electrons. The molecule has 0 bridgehead atoms. The van der Waals surface area contributed by atoms with E-state index in [2.05, 4.69) is 15.6 Å². The molecule has 0 aliphatic heterocycles. The van der Waals surface area contributed by atoms with Crippen molar-refractivity contribution >= 4 is 32.9 Å². The van der Waals surface area contributed by atoms with Gasteiger partial charge in [-0.2, -0.15) is 0 Å². The summed E-state index contributed by atoms with van der Waals surface area (Å²) >= 11 is 0. The summed E-state index contributed by atoms with van der Waals surface area (Å²) in [6.07, 6.45) is 2.59. The lowest BCUT2D eigenvalue weighted by Gasteiger charge is -2.07. The molecule has 0 saturated carbocycles. The second-order valence-electron chi connectivity index (χ2n) is 6.04. The summed E-state index contributed by atoms with van der Waals surface area (Å²) in [6.45, 7) is 1.62. The van der Waals surface area contributed by atoms with Crippen molar-refractivity contribution < 1.29 is 18.0 Å². The minimum atomic E-state index is -3.59. The number of hydrogen-bond donors (Lipinski definition) is 2. The molecule has 2 aromatic heterocycles. The first-order valence-electron chi connectivity index (χ1n) is 8.07.